The van der Waals surface area contributed by atoms with Gasteiger partial charge in [-0.2, -0.15) is 0 Å². The molecule has 1 aromatic rings. The molecule has 0 saturated carbocycles. The second-order valence-corrected chi connectivity index (χ2v) is 3.41. The third kappa shape index (κ3) is 2.28. The molecule has 1 aliphatic rings. The summed E-state index contributed by atoms with van der Waals surface area (Å²) in [5.41, 5.74) is 2.02. The van der Waals surface area contributed by atoms with Gasteiger partial charge in [-0.3, -0.25) is 0 Å². The van der Waals surface area contributed by atoms with Crippen LogP contribution in [0.3, 0.4) is 0 Å². The summed E-state index contributed by atoms with van der Waals surface area (Å²) < 4.78 is 5.12. The van der Waals surface area contributed by atoms with Gasteiger partial charge in [0.25, 0.3) is 0 Å². The van der Waals surface area contributed by atoms with E-state index in [1.807, 2.05) is 24.3 Å². The fourth-order valence-corrected chi connectivity index (χ4v) is 1.32. The molecule has 2 unspecified atom stereocenters. The zero-order valence-electron chi connectivity index (χ0n) is 7.62. The van der Waals surface area contributed by atoms with Gasteiger partial charge in [0.05, 0.1) is 19.8 Å². The van der Waals surface area contributed by atoms with Gasteiger partial charge in [0.2, 0.25) is 0 Å². The number of benzene rings is 1. The third-order valence-electron chi connectivity index (χ3n) is 2.23. The van der Waals surface area contributed by atoms with Gasteiger partial charge in [-0.1, -0.05) is 12.1 Å². The smallest absolute Gasteiger partial charge is 0.130 e. The van der Waals surface area contributed by atoms with Crippen molar-refractivity contribution in [2.24, 2.45) is 0 Å². The Kier molecular flexibility index (Phi) is 2.31. The molecule has 1 heterocycles. The van der Waals surface area contributed by atoms with Crippen LogP contribution in [0, 0.1) is 5.21 Å². The lowest BCUT2D eigenvalue weighted by atomic mass is 10.1. The fraction of sp³-hybridized carbons (Fsp3) is 0.400. The van der Waals surface area contributed by atoms with Crippen LogP contribution in [0.25, 0.3) is 0 Å². The Morgan fingerprint density at radius 1 is 1.46 bits per heavy atom. The number of quaternary nitrogens is 1. The molecule has 2 atom stereocenters. The van der Waals surface area contributed by atoms with E-state index >= 15 is 0 Å². The molecule has 0 spiro atoms. The van der Waals surface area contributed by atoms with Crippen LogP contribution in [0.1, 0.15) is 5.56 Å². The number of hydroxylamine groups is 1. The predicted octanol–water partition coefficient (Wildman–Crippen LogP) is 0.272. The zero-order valence-corrected chi connectivity index (χ0v) is 7.62. The van der Waals surface area contributed by atoms with Crippen molar-refractivity contribution in [3.8, 4) is 0 Å². The van der Waals surface area contributed by atoms with Gasteiger partial charge < -0.3 is 15.0 Å². The molecule has 1 aromatic carbocycles. The van der Waals surface area contributed by atoms with Gasteiger partial charge in [0.1, 0.15) is 5.69 Å². The molecular formula is C10H13NO2. The Morgan fingerprint density at radius 2 is 2.08 bits per heavy atom. The second kappa shape index (κ2) is 3.46. The van der Waals surface area contributed by atoms with Gasteiger partial charge in [-0.25, -0.2) is 0 Å². The largest absolute Gasteiger partial charge is 0.629 e. The van der Waals surface area contributed by atoms with Crippen molar-refractivity contribution in [3.05, 3.63) is 35.0 Å². The number of epoxide rings is 1. The first kappa shape index (κ1) is 8.69. The highest BCUT2D eigenvalue weighted by Gasteiger charge is 2.22. The summed E-state index contributed by atoms with van der Waals surface area (Å²) in [5, 5.41) is 11.1. The summed E-state index contributed by atoms with van der Waals surface area (Å²) in [7, 11) is 1.58. The van der Waals surface area contributed by atoms with Crippen molar-refractivity contribution in [1.29, 1.82) is 0 Å². The highest BCUT2D eigenvalue weighted by atomic mass is 16.6. The zero-order chi connectivity index (χ0) is 9.26. The summed E-state index contributed by atoms with van der Waals surface area (Å²) >= 11 is 0. The van der Waals surface area contributed by atoms with Crippen molar-refractivity contribution in [2.45, 2.75) is 12.5 Å². The van der Waals surface area contributed by atoms with Gasteiger partial charge in [0.15, 0.2) is 0 Å². The summed E-state index contributed by atoms with van der Waals surface area (Å²) in [4.78, 5) is 0. The van der Waals surface area contributed by atoms with E-state index in [0.717, 1.165) is 18.7 Å². The van der Waals surface area contributed by atoms with Gasteiger partial charge >= 0.3 is 0 Å². The molecule has 1 fully saturated rings. The first-order chi connectivity index (χ1) is 6.25. The Labute approximate surface area is 77.5 Å². The maximum absolute atomic E-state index is 11.0. The van der Waals surface area contributed by atoms with E-state index in [-0.39, 0.29) is 5.06 Å². The Balaban J connectivity index is 2.04. The number of hydrogen-bond acceptors (Lipinski definition) is 2. The van der Waals surface area contributed by atoms with Crippen molar-refractivity contribution >= 4 is 5.69 Å². The molecule has 3 heteroatoms. The molecule has 1 N–H and O–H groups in total. The summed E-state index contributed by atoms with van der Waals surface area (Å²) in [5.74, 6) is 0. The third-order valence-corrected chi connectivity index (χ3v) is 2.23. The lowest BCUT2D eigenvalue weighted by molar-refractivity contribution is -0.751. The monoisotopic (exact) mass is 179 g/mol. The van der Waals surface area contributed by atoms with Crippen LogP contribution in [0.5, 0.6) is 0 Å². The van der Waals surface area contributed by atoms with E-state index in [1.54, 1.807) is 7.05 Å². The molecule has 1 aliphatic heterocycles. The van der Waals surface area contributed by atoms with E-state index in [1.165, 1.54) is 5.56 Å². The lowest BCUT2D eigenvalue weighted by Gasteiger charge is -2.15. The summed E-state index contributed by atoms with van der Waals surface area (Å²) in [6.07, 6.45) is 1.39. The highest BCUT2D eigenvalue weighted by molar-refractivity contribution is 5.33. The van der Waals surface area contributed by atoms with Crippen LogP contribution >= 0.6 is 0 Å². The Bertz CT molecular complexity index is 277. The highest BCUT2D eigenvalue weighted by Crippen LogP contribution is 2.16. The molecule has 0 aliphatic carbocycles. The normalized spacial score (nSPS) is 22.8. The summed E-state index contributed by atoms with van der Waals surface area (Å²) in [6, 6.07) is 7.75. The number of rotatable bonds is 3. The lowest BCUT2D eigenvalue weighted by Crippen LogP contribution is -2.98. The Hall–Kier alpha value is -0.900. The molecule has 0 bridgehead atoms. The maximum atomic E-state index is 11.0. The molecule has 3 nitrogen and oxygen atoms in total. The van der Waals surface area contributed by atoms with Crippen LogP contribution in [0.4, 0.5) is 5.69 Å². The quantitative estimate of drug-likeness (QED) is 0.534. The van der Waals surface area contributed by atoms with Crippen LogP contribution in [0.2, 0.25) is 0 Å². The van der Waals surface area contributed by atoms with Gasteiger partial charge in [-0.05, 0) is 17.7 Å². The topological polar surface area (TPSA) is 40.0 Å². The van der Waals surface area contributed by atoms with Crippen LogP contribution in [0.15, 0.2) is 24.3 Å². The van der Waals surface area contributed by atoms with Gasteiger partial charge in [0, 0.05) is 6.42 Å². The van der Waals surface area contributed by atoms with E-state index in [9.17, 15) is 5.21 Å². The van der Waals surface area contributed by atoms with Crippen molar-refractivity contribution in [1.82, 2.24) is 0 Å². The van der Waals surface area contributed by atoms with Crippen LogP contribution < -0.4 is 5.06 Å². The molecule has 0 aromatic heterocycles. The average Bonchev–Trinajstić information content (AvgIpc) is 2.89. The minimum Gasteiger partial charge on any atom is -0.629 e. The molecule has 1 saturated heterocycles. The number of ether oxygens (including phenoxy) is 1. The minimum absolute atomic E-state index is 0.120. The SMILES string of the molecule is C[NH+]([O-])c1ccc(CC2CO2)cc1. The molecule has 0 radical (unpaired) electrons. The first-order valence-electron chi connectivity index (χ1n) is 4.47. The molecule has 0 amide bonds. The van der Waals surface area contributed by atoms with Crippen molar-refractivity contribution < 1.29 is 9.80 Å². The number of hydrogen-bond donors (Lipinski definition) is 1. The minimum atomic E-state index is 0.120. The second-order valence-electron chi connectivity index (χ2n) is 3.41. The first-order valence-corrected chi connectivity index (χ1v) is 4.47. The van der Waals surface area contributed by atoms with Crippen molar-refractivity contribution in [2.75, 3.05) is 13.7 Å². The predicted molar refractivity (Wildman–Crippen MR) is 49.8 cm³/mol. The Morgan fingerprint density at radius 3 is 2.54 bits per heavy atom. The molecule has 2 rings (SSSR count). The molecular weight excluding hydrogens is 166 g/mol. The standard InChI is InChI=1S/C10H13NO2/c1-11(12)9-4-2-8(3-5-9)6-10-7-13-10/h2-5,10-11H,6-7H2,1H3. The molecule has 70 valence electrons. The van der Waals surface area contributed by atoms with Crippen LogP contribution in [-0.2, 0) is 11.2 Å². The maximum Gasteiger partial charge on any atom is 0.130 e. The number of nitrogens with one attached hydrogen (secondary N) is 1. The summed E-state index contributed by atoms with van der Waals surface area (Å²) in [6.45, 7) is 0.883. The van der Waals surface area contributed by atoms with E-state index in [4.69, 9.17) is 4.74 Å². The van der Waals surface area contributed by atoms with E-state index < -0.39 is 0 Å². The van der Waals surface area contributed by atoms with Gasteiger partial charge in [-0.15, -0.1) is 0 Å². The van der Waals surface area contributed by atoms with E-state index in [2.05, 4.69) is 0 Å². The average molecular weight is 179 g/mol. The molecule has 13 heavy (non-hydrogen) atoms. The van der Waals surface area contributed by atoms with Crippen molar-refractivity contribution in [3.63, 3.8) is 0 Å². The fourth-order valence-electron chi connectivity index (χ4n) is 1.32. The van der Waals surface area contributed by atoms with E-state index in [0.29, 0.717) is 6.10 Å². The van der Waals surface area contributed by atoms with Crippen LogP contribution in [-0.4, -0.2) is 19.8 Å².